The van der Waals surface area contributed by atoms with Gasteiger partial charge < -0.3 is 5.32 Å². The lowest BCUT2D eigenvalue weighted by Gasteiger charge is -2.21. The molecule has 1 N–H and O–H groups in total. The predicted octanol–water partition coefficient (Wildman–Crippen LogP) is 4.91. The van der Waals surface area contributed by atoms with Crippen LogP contribution < -0.4 is 5.32 Å². The van der Waals surface area contributed by atoms with Crippen LogP contribution in [0.5, 0.6) is 0 Å². The molecular weight excluding hydrogens is 308 g/mol. The molecule has 0 bridgehead atoms. The van der Waals surface area contributed by atoms with Crippen LogP contribution in [-0.2, 0) is 6.54 Å². The zero-order valence-corrected chi connectivity index (χ0v) is 15.6. The maximum Gasteiger partial charge on any atom is 0.251 e. The maximum atomic E-state index is 12.5. The molecule has 3 nitrogen and oxygen atoms in total. The Kier molecular flexibility index (Phi) is 7.35. The van der Waals surface area contributed by atoms with Crippen LogP contribution in [0.1, 0.15) is 86.6 Å². The van der Waals surface area contributed by atoms with E-state index in [1.54, 1.807) is 0 Å². The van der Waals surface area contributed by atoms with Crippen LogP contribution in [0.2, 0.25) is 0 Å². The Bertz CT molecular complexity index is 509. The zero-order valence-electron chi connectivity index (χ0n) is 15.6. The van der Waals surface area contributed by atoms with Crippen LogP contribution in [-0.4, -0.2) is 29.9 Å². The van der Waals surface area contributed by atoms with Gasteiger partial charge in [0.1, 0.15) is 0 Å². The zero-order chi connectivity index (χ0) is 17.3. The van der Waals surface area contributed by atoms with E-state index in [1.165, 1.54) is 76.4 Å². The van der Waals surface area contributed by atoms with Crippen LogP contribution >= 0.6 is 0 Å². The molecule has 2 fully saturated rings. The van der Waals surface area contributed by atoms with Crippen molar-refractivity contribution in [2.45, 2.75) is 83.2 Å². The molecule has 0 spiro atoms. The summed E-state index contributed by atoms with van der Waals surface area (Å²) in [7, 11) is 0. The normalized spacial score (nSPS) is 21.1. The third-order valence-electron chi connectivity index (χ3n) is 5.76. The fourth-order valence-electron chi connectivity index (χ4n) is 4.18. The number of benzene rings is 1. The third-order valence-corrected chi connectivity index (χ3v) is 5.76. The highest BCUT2D eigenvalue weighted by atomic mass is 16.1. The Morgan fingerprint density at radius 2 is 1.40 bits per heavy atom. The minimum Gasteiger partial charge on any atom is -0.349 e. The van der Waals surface area contributed by atoms with Gasteiger partial charge in [0.2, 0.25) is 0 Å². The molecule has 0 atom stereocenters. The molecule has 0 aromatic heterocycles. The molecule has 1 aromatic carbocycles. The molecule has 138 valence electrons. The van der Waals surface area contributed by atoms with E-state index < -0.39 is 0 Å². The molecule has 3 rings (SSSR count). The monoisotopic (exact) mass is 342 g/mol. The van der Waals surface area contributed by atoms with Gasteiger partial charge in [0, 0.05) is 18.2 Å². The van der Waals surface area contributed by atoms with E-state index in [1.807, 2.05) is 12.1 Å². The topological polar surface area (TPSA) is 32.3 Å². The number of nitrogens with one attached hydrogen (secondary N) is 1. The van der Waals surface area contributed by atoms with E-state index in [0.29, 0.717) is 6.04 Å². The third kappa shape index (κ3) is 6.14. The van der Waals surface area contributed by atoms with Crippen molar-refractivity contribution in [3.05, 3.63) is 35.4 Å². The lowest BCUT2D eigenvalue weighted by Crippen LogP contribution is -2.35. The van der Waals surface area contributed by atoms with Crippen molar-refractivity contribution in [2.75, 3.05) is 13.1 Å². The summed E-state index contributed by atoms with van der Waals surface area (Å²) in [5, 5.41) is 3.26. The van der Waals surface area contributed by atoms with Crippen molar-refractivity contribution in [3.8, 4) is 0 Å². The first-order valence-corrected chi connectivity index (χ1v) is 10.4. The van der Waals surface area contributed by atoms with Crippen LogP contribution in [0.25, 0.3) is 0 Å². The fourth-order valence-corrected chi connectivity index (χ4v) is 4.18. The Hall–Kier alpha value is -1.35. The van der Waals surface area contributed by atoms with Gasteiger partial charge in [-0.05, 0) is 56.5 Å². The summed E-state index contributed by atoms with van der Waals surface area (Å²) in [6, 6.07) is 8.65. The van der Waals surface area contributed by atoms with Crippen molar-refractivity contribution in [2.24, 2.45) is 0 Å². The predicted molar refractivity (Wildman–Crippen MR) is 104 cm³/mol. The lowest BCUT2D eigenvalue weighted by atomic mass is 9.96. The standard InChI is InChI=1S/C22H34N2O/c25-22(23-21-10-6-2-1-3-7-11-21)20-14-12-19(13-15-20)18-24-16-8-4-5-9-17-24/h12-15,21H,1-11,16-18H2,(H,23,25). The largest absolute Gasteiger partial charge is 0.349 e. The number of hydrogen-bond donors (Lipinski definition) is 1. The van der Waals surface area contributed by atoms with Gasteiger partial charge in [-0.2, -0.15) is 0 Å². The molecule has 1 saturated carbocycles. The minimum atomic E-state index is 0.104. The van der Waals surface area contributed by atoms with Crippen molar-refractivity contribution < 1.29 is 4.79 Å². The molecule has 2 aliphatic rings. The number of amides is 1. The smallest absolute Gasteiger partial charge is 0.251 e. The summed E-state index contributed by atoms with van der Waals surface area (Å²) in [6.07, 6.45) is 14.2. The number of hydrogen-bond acceptors (Lipinski definition) is 2. The lowest BCUT2D eigenvalue weighted by molar-refractivity contribution is 0.0930. The van der Waals surface area contributed by atoms with Gasteiger partial charge in [-0.3, -0.25) is 9.69 Å². The SMILES string of the molecule is O=C(NC1CCCCCCC1)c1ccc(CN2CCCCCC2)cc1. The van der Waals surface area contributed by atoms with E-state index >= 15 is 0 Å². The number of carbonyl (C=O) groups is 1. The molecule has 1 aliphatic carbocycles. The molecule has 3 heteroatoms. The molecule has 0 radical (unpaired) electrons. The Balaban J connectivity index is 1.51. The molecule has 1 aliphatic heterocycles. The average Bonchev–Trinajstić information content (AvgIpc) is 2.86. The molecular formula is C22H34N2O. The van der Waals surface area contributed by atoms with Gasteiger partial charge in [0.25, 0.3) is 5.91 Å². The van der Waals surface area contributed by atoms with E-state index in [2.05, 4.69) is 22.3 Å². The van der Waals surface area contributed by atoms with E-state index in [-0.39, 0.29) is 5.91 Å². The first-order chi connectivity index (χ1) is 12.3. The summed E-state index contributed by atoms with van der Waals surface area (Å²) in [5.74, 6) is 0.104. The number of carbonyl (C=O) groups excluding carboxylic acids is 1. The molecule has 1 saturated heterocycles. The van der Waals surface area contributed by atoms with Crippen LogP contribution in [0.4, 0.5) is 0 Å². The van der Waals surface area contributed by atoms with Gasteiger partial charge in [-0.25, -0.2) is 0 Å². The first kappa shape index (κ1) is 18.4. The molecule has 25 heavy (non-hydrogen) atoms. The fraction of sp³-hybridized carbons (Fsp3) is 0.682. The second kappa shape index (κ2) is 9.96. The second-order valence-corrected chi connectivity index (χ2v) is 7.90. The van der Waals surface area contributed by atoms with Gasteiger partial charge in [0.15, 0.2) is 0 Å². The van der Waals surface area contributed by atoms with Crippen molar-refractivity contribution >= 4 is 5.91 Å². The summed E-state index contributed by atoms with van der Waals surface area (Å²) < 4.78 is 0. The van der Waals surface area contributed by atoms with Crippen molar-refractivity contribution in [1.82, 2.24) is 10.2 Å². The molecule has 1 aromatic rings. The quantitative estimate of drug-likeness (QED) is 0.843. The number of rotatable bonds is 4. The Morgan fingerprint density at radius 1 is 0.840 bits per heavy atom. The summed E-state index contributed by atoms with van der Waals surface area (Å²) in [6.45, 7) is 3.44. The van der Waals surface area contributed by atoms with Crippen LogP contribution in [0.3, 0.4) is 0 Å². The van der Waals surface area contributed by atoms with E-state index in [0.717, 1.165) is 24.9 Å². The molecule has 1 amide bonds. The number of nitrogens with zero attached hydrogens (tertiary/aromatic N) is 1. The highest BCUT2D eigenvalue weighted by Gasteiger charge is 2.15. The highest BCUT2D eigenvalue weighted by Crippen LogP contribution is 2.18. The minimum absolute atomic E-state index is 0.104. The van der Waals surface area contributed by atoms with Gasteiger partial charge in [-0.15, -0.1) is 0 Å². The van der Waals surface area contributed by atoms with E-state index in [4.69, 9.17) is 0 Å². The number of likely N-dealkylation sites (tertiary alicyclic amines) is 1. The first-order valence-electron chi connectivity index (χ1n) is 10.4. The van der Waals surface area contributed by atoms with Gasteiger partial charge in [0.05, 0.1) is 0 Å². The maximum absolute atomic E-state index is 12.5. The van der Waals surface area contributed by atoms with E-state index in [9.17, 15) is 4.79 Å². The summed E-state index contributed by atoms with van der Waals surface area (Å²) in [4.78, 5) is 15.1. The van der Waals surface area contributed by atoms with Crippen molar-refractivity contribution in [1.29, 1.82) is 0 Å². The van der Waals surface area contributed by atoms with Crippen LogP contribution in [0, 0.1) is 0 Å². The summed E-state index contributed by atoms with van der Waals surface area (Å²) in [5.41, 5.74) is 2.13. The van der Waals surface area contributed by atoms with Gasteiger partial charge in [-0.1, -0.05) is 57.1 Å². The Labute approximate surface area is 153 Å². The Morgan fingerprint density at radius 3 is 2.04 bits per heavy atom. The molecule has 1 heterocycles. The van der Waals surface area contributed by atoms with Crippen molar-refractivity contribution in [3.63, 3.8) is 0 Å². The summed E-state index contributed by atoms with van der Waals surface area (Å²) >= 11 is 0. The van der Waals surface area contributed by atoms with Gasteiger partial charge >= 0.3 is 0 Å². The average molecular weight is 343 g/mol. The highest BCUT2D eigenvalue weighted by molar-refractivity contribution is 5.94. The van der Waals surface area contributed by atoms with Crippen LogP contribution in [0.15, 0.2) is 24.3 Å². The molecule has 0 unspecified atom stereocenters. The second-order valence-electron chi connectivity index (χ2n) is 7.90.